The minimum atomic E-state index is -1.37. The van der Waals surface area contributed by atoms with Gasteiger partial charge in [0.05, 0.1) is 11.3 Å². The second-order valence-electron chi connectivity index (χ2n) is 6.28. The maximum absolute atomic E-state index is 4.54. The average molecular weight is 279 g/mol. The number of aryl methyl sites for hydroxylation is 2. The Morgan fingerprint density at radius 2 is 1.65 bits per heavy atom. The van der Waals surface area contributed by atoms with Crippen molar-refractivity contribution in [2.75, 3.05) is 0 Å². The Bertz CT molecular complexity index is 664. The monoisotopic (exact) mass is 279 g/mol. The van der Waals surface area contributed by atoms with Gasteiger partial charge in [0, 0.05) is 11.8 Å². The molecule has 0 amide bonds. The molecule has 0 saturated carbocycles. The summed E-state index contributed by atoms with van der Waals surface area (Å²) in [6, 6.07) is 10.6. The van der Waals surface area contributed by atoms with Crippen molar-refractivity contribution < 1.29 is 0 Å². The first-order valence-corrected chi connectivity index (χ1v) is 10.4. The first-order valence-electron chi connectivity index (χ1n) is 6.92. The summed E-state index contributed by atoms with van der Waals surface area (Å²) >= 11 is 0. The van der Waals surface area contributed by atoms with Crippen LogP contribution in [0.4, 0.5) is 0 Å². The van der Waals surface area contributed by atoms with Gasteiger partial charge in [-0.1, -0.05) is 42.8 Å². The van der Waals surface area contributed by atoms with Crippen LogP contribution < -0.4 is 0 Å². The largest absolute Gasteiger partial charge is 0.255 e. The van der Waals surface area contributed by atoms with Gasteiger partial charge in [-0.15, -0.1) is 5.54 Å². The van der Waals surface area contributed by atoms with E-state index in [1.165, 1.54) is 11.1 Å². The van der Waals surface area contributed by atoms with E-state index in [9.17, 15) is 0 Å². The summed E-state index contributed by atoms with van der Waals surface area (Å²) in [6.45, 7) is 11.0. The molecular formula is C18H21NSi. The predicted octanol–water partition coefficient (Wildman–Crippen LogP) is 4.59. The van der Waals surface area contributed by atoms with Crippen LogP contribution in [0.3, 0.4) is 0 Å². The number of rotatable bonds is 1. The molecule has 0 fully saturated rings. The molecule has 1 aromatic heterocycles. The first-order chi connectivity index (χ1) is 9.35. The molecular weight excluding hydrogens is 258 g/mol. The van der Waals surface area contributed by atoms with Crippen LogP contribution in [0.25, 0.3) is 11.3 Å². The van der Waals surface area contributed by atoms with E-state index >= 15 is 0 Å². The van der Waals surface area contributed by atoms with Crippen molar-refractivity contribution in [3.8, 4) is 22.7 Å². The molecule has 2 rings (SSSR count). The molecule has 102 valence electrons. The van der Waals surface area contributed by atoms with E-state index in [0.29, 0.717) is 0 Å². The van der Waals surface area contributed by atoms with E-state index < -0.39 is 8.07 Å². The van der Waals surface area contributed by atoms with E-state index in [-0.39, 0.29) is 0 Å². The molecule has 0 saturated heterocycles. The Morgan fingerprint density at radius 3 is 2.25 bits per heavy atom. The number of aromatic nitrogens is 1. The molecule has 1 nitrogen and oxygen atoms in total. The lowest BCUT2D eigenvalue weighted by Crippen LogP contribution is -2.16. The van der Waals surface area contributed by atoms with E-state index in [0.717, 1.165) is 16.8 Å². The Kier molecular flexibility index (Phi) is 4.11. The third-order valence-electron chi connectivity index (χ3n) is 2.88. The highest BCUT2D eigenvalue weighted by Crippen LogP contribution is 2.23. The fourth-order valence-corrected chi connectivity index (χ4v) is 2.61. The molecule has 0 atom stereocenters. The zero-order valence-corrected chi connectivity index (χ0v) is 13.9. The summed E-state index contributed by atoms with van der Waals surface area (Å²) in [7, 11) is -1.37. The quantitative estimate of drug-likeness (QED) is 0.549. The highest BCUT2D eigenvalue weighted by molar-refractivity contribution is 6.83. The van der Waals surface area contributed by atoms with Gasteiger partial charge < -0.3 is 0 Å². The fourth-order valence-electron chi connectivity index (χ4n) is 2.10. The summed E-state index contributed by atoms with van der Waals surface area (Å²) in [5.41, 5.74) is 9.12. The zero-order valence-electron chi connectivity index (χ0n) is 12.9. The summed E-state index contributed by atoms with van der Waals surface area (Å²) in [4.78, 5) is 4.54. The van der Waals surface area contributed by atoms with Crippen molar-refractivity contribution in [1.82, 2.24) is 4.98 Å². The topological polar surface area (TPSA) is 12.9 Å². The Labute approximate surface area is 123 Å². The van der Waals surface area contributed by atoms with Crippen molar-refractivity contribution in [1.29, 1.82) is 0 Å². The van der Waals surface area contributed by atoms with Gasteiger partial charge in [-0.3, -0.25) is 4.98 Å². The maximum atomic E-state index is 4.54. The van der Waals surface area contributed by atoms with E-state index in [4.69, 9.17) is 0 Å². The zero-order chi connectivity index (χ0) is 14.8. The van der Waals surface area contributed by atoms with Crippen LogP contribution in [0.1, 0.15) is 16.7 Å². The standard InChI is InChI=1S/C18H21NSi/c1-14-11-15(2)13-17(12-14)18-16(7-6-9-19-18)8-10-20(3,4)5/h6-7,9,11-13H,1-5H3. The smallest absolute Gasteiger partial charge is 0.129 e. The van der Waals surface area contributed by atoms with Crippen molar-refractivity contribution >= 4 is 8.07 Å². The summed E-state index contributed by atoms with van der Waals surface area (Å²) in [5, 5.41) is 0. The third-order valence-corrected chi connectivity index (χ3v) is 3.75. The minimum absolute atomic E-state index is 0.991. The summed E-state index contributed by atoms with van der Waals surface area (Å²) in [5.74, 6) is 3.34. The minimum Gasteiger partial charge on any atom is -0.255 e. The van der Waals surface area contributed by atoms with Gasteiger partial charge in [-0.2, -0.15) is 0 Å². The summed E-state index contributed by atoms with van der Waals surface area (Å²) < 4.78 is 0. The van der Waals surface area contributed by atoms with Crippen molar-refractivity contribution in [2.45, 2.75) is 33.5 Å². The van der Waals surface area contributed by atoms with E-state index in [2.05, 4.69) is 74.2 Å². The average Bonchev–Trinajstić information content (AvgIpc) is 2.34. The van der Waals surface area contributed by atoms with E-state index in [1.54, 1.807) is 0 Å². The van der Waals surface area contributed by atoms with Gasteiger partial charge in [0.1, 0.15) is 8.07 Å². The predicted molar refractivity (Wildman–Crippen MR) is 89.4 cm³/mol. The van der Waals surface area contributed by atoms with E-state index in [1.807, 2.05) is 12.3 Å². The highest BCUT2D eigenvalue weighted by Gasteiger charge is 2.09. The third kappa shape index (κ3) is 3.82. The van der Waals surface area contributed by atoms with Crippen LogP contribution in [0.15, 0.2) is 36.5 Å². The summed E-state index contributed by atoms with van der Waals surface area (Å²) in [6.07, 6.45) is 1.84. The number of pyridine rings is 1. The van der Waals surface area contributed by atoms with Gasteiger partial charge in [-0.05, 0) is 38.1 Å². The van der Waals surface area contributed by atoms with Crippen LogP contribution in [-0.2, 0) is 0 Å². The highest BCUT2D eigenvalue weighted by atomic mass is 28.3. The van der Waals surface area contributed by atoms with Gasteiger partial charge in [0.2, 0.25) is 0 Å². The second kappa shape index (κ2) is 5.64. The Morgan fingerprint density at radius 1 is 1.00 bits per heavy atom. The van der Waals surface area contributed by atoms with Crippen molar-refractivity contribution in [3.05, 3.63) is 53.2 Å². The molecule has 0 bridgehead atoms. The molecule has 1 heterocycles. The molecule has 0 unspecified atom stereocenters. The van der Waals surface area contributed by atoms with Crippen LogP contribution >= 0.6 is 0 Å². The number of hydrogen-bond acceptors (Lipinski definition) is 1. The lowest BCUT2D eigenvalue weighted by molar-refractivity contribution is 1.29. The Hall–Kier alpha value is -1.85. The maximum Gasteiger partial charge on any atom is 0.129 e. The van der Waals surface area contributed by atoms with Gasteiger partial charge in [0.15, 0.2) is 0 Å². The molecule has 0 radical (unpaired) electrons. The van der Waals surface area contributed by atoms with Gasteiger partial charge in [0.25, 0.3) is 0 Å². The molecule has 0 spiro atoms. The fraction of sp³-hybridized carbons (Fsp3) is 0.278. The lowest BCUT2D eigenvalue weighted by Gasteiger charge is -2.08. The SMILES string of the molecule is Cc1cc(C)cc(-c2ncccc2C#C[Si](C)(C)C)c1. The number of hydrogen-bond donors (Lipinski definition) is 0. The number of nitrogens with zero attached hydrogens (tertiary/aromatic N) is 1. The molecule has 2 aromatic rings. The molecule has 1 aromatic carbocycles. The van der Waals surface area contributed by atoms with Crippen molar-refractivity contribution in [3.63, 3.8) is 0 Å². The lowest BCUT2D eigenvalue weighted by atomic mass is 10.0. The second-order valence-corrected chi connectivity index (χ2v) is 11.0. The molecule has 20 heavy (non-hydrogen) atoms. The van der Waals surface area contributed by atoms with Crippen LogP contribution in [-0.4, -0.2) is 13.1 Å². The number of benzene rings is 1. The van der Waals surface area contributed by atoms with Gasteiger partial charge >= 0.3 is 0 Å². The molecule has 0 aliphatic rings. The Balaban J connectivity index is 2.54. The molecule has 0 aliphatic heterocycles. The van der Waals surface area contributed by atoms with Crippen LogP contribution in [0.5, 0.6) is 0 Å². The van der Waals surface area contributed by atoms with Crippen molar-refractivity contribution in [2.24, 2.45) is 0 Å². The van der Waals surface area contributed by atoms with Crippen LogP contribution in [0.2, 0.25) is 19.6 Å². The normalized spacial score (nSPS) is 10.8. The van der Waals surface area contributed by atoms with Crippen LogP contribution in [0, 0.1) is 25.3 Å². The first kappa shape index (κ1) is 14.6. The molecule has 2 heteroatoms. The molecule has 0 aliphatic carbocycles. The molecule has 0 N–H and O–H groups in total. The van der Waals surface area contributed by atoms with Gasteiger partial charge in [-0.25, -0.2) is 0 Å².